The van der Waals surface area contributed by atoms with Gasteiger partial charge in [0.05, 0.1) is 0 Å². The Balaban J connectivity index is 1.72. The Kier molecular flexibility index (Phi) is 3.52. The van der Waals surface area contributed by atoms with Gasteiger partial charge in [0.25, 0.3) is 0 Å². The fourth-order valence-electron chi connectivity index (χ4n) is 2.94. The SMILES string of the molecule is CN1CC(Oc2ccccc2C2CCCNC2)C1. The molecule has 2 heterocycles. The fourth-order valence-corrected chi connectivity index (χ4v) is 2.94. The molecule has 0 bridgehead atoms. The Bertz CT molecular complexity index is 395. The average molecular weight is 246 g/mol. The lowest BCUT2D eigenvalue weighted by Crippen LogP contribution is -2.51. The van der Waals surface area contributed by atoms with Gasteiger partial charge in [0.2, 0.25) is 0 Å². The highest BCUT2D eigenvalue weighted by molar-refractivity contribution is 5.37. The highest BCUT2D eigenvalue weighted by Crippen LogP contribution is 2.32. The van der Waals surface area contributed by atoms with Crippen LogP contribution in [0.4, 0.5) is 0 Å². The number of rotatable bonds is 3. The number of benzene rings is 1. The highest BCUT2D eigenvalue weighted by Gasteiger charge is 2.27. The van der Waals surface area contributed by atoms with Crippen LogP contribution in [0.2, 0.25) is 0 Å². The van der Waals surface area contributed by atoms with Crippen LogP contribution in [-0.4, -0.2) is 44.2 Å². The van der Waals surface area contributed by atoms with Crippen LogP contribution in [0.15, 0.2) is 24.3 Å². The second kappa shape index (κ2) is 5.29. The van der Waals surface area contributed by atoms with Crippen molar-refractivity contribution in [2.24, 2.45) is 0 Å². The first-order valence-electron chi connectivity index (χ1n) is 6.98. The van der Waals surface area contributed by atoms with Gasteiger partial charge >= 0.3 is 0 Å². The summed E-state index contributed by atoms with van der Waals surface area (Å²) in [5.41, 5.74) is 1.39. The Morgan fingerprint density at radius 3 is 2.83 bits per heavy atom. The number of likely N-dealkylation sites (tertiary alicyclic amines) is 1. The molecule has 1 N–H and O–H groups in total. The lowest BCUT2D eigenvalue weighted by Gasteiger charge is -2.37. The number of hydrogen-bond acceptors (Lipinski definition) is 3. The molecule has 1 aromatic carbocycles. The minimum absolute atomic E-state index is 0.382. The van der Waals surface area contributed by atoms with E-state index in [0.717, 1.165) is 31.9 Å². The molecule has 1 unspecified atom stereocenters. The Morgan fingerprint density at radius 1 is 1.28 bits per heavy atom. The van der Waals surface area contributed by atoms with E-state index in [1.54, 1.807) is 0 Å². The van der Waals surface area contributed by atoms with Gasteiger partial charge in [0.1, 0.15) is 11.9 Å². The largest absolute Gasteiger partial charge is 0.487 e. The Hall–Kier alpha value is -1.06. The topological polar surface area (TPSA) is 24.5 Å². The molecule has 0 spiro atoms. The standard InChI is InChI=1S/C15H22N2O/c1-17-10-13(11-17)18-15-7-3-2-6-14(15)12-5-4-8-16-9-12/h2-3,6-7,12-13,16H,4-5,8-11H2,1H3. The van der Waals surface area contributed by atoms with Crippen molar-refractivity contribution in [2.45, 2.75) is 24.9 Å². The molecule has 98 valence electrons. The van der Waals surface area contributed by atoms with E-state index in [1.165, 1.54) is 18.4 Å². The average Bonchev–Trinajstić information content (AvgIpc) is 2.39. The molecule has 0 radical (unpaired) electrons. The van der Waals surface area contributed by atoms with E-state index in [-0.39, 0.29) is 0 Å². The number of para-hydroxylation sites is 1. The van der Waals surface area contributed by atoms with Crippen molar-refractivity contribution in [3.63, 3.8) is 0 Å². The normalized spacial score (nSPS) is 25.7. The minimum Gasteiger partial charge on any atom is -0.487 e. The van der Waals surface area contributed by atoms with E-state index in [2.05, 4.69) is 41.5 Å². The molecular formula is C15H22N2O. The van der Waals surface area contributed by atoms with Crippen LogP contribution in [0.3, 0.4) is 0 Å². The van der Waals surface area contributed by atoms with Crippen LogP contribution in [0.25, 0.3) is 0 Å². The van der Waals surface area contributed by atoms with Gasteiger partial charge in [0, 0.05) is 25.6 Å². The maximum atomic E-state index is 6.14. The van der Waals surface area contributed by atoms with Gasteiger partial charge in [-0.2, -0.15) is 0 Å². The molecule has 3 rings (SSSR count). The number of hydrogen-bond donors (Lipinski definition) is 1. The van der Waals surface area contributed by atoms with Crippen molar-refractivity contribution in [1.29, 1.82) is 0 Å². The zero-order valence-electron chi connectivity index (χ0n) is 11.1. The Morgan fingerprint density at radius 2 is 2.11 bits per heavy atom. The highest BCUT2D eigenvalue weighted by atomic mass is 16.5. The molecule has 1 atom stereocenters. The first-order chi connectivity index (χ1) is 8.83. The summed E-state index contributed by atoms with van der Waals surface area (Å²) in [6.07, 6.45) is 2.93. The summed E-state index contributed by atoms with van der Waals surface area (Å²) in [5, 5.41) is 3.49. The van der Waals surface area contributed by atoms with Gasteiger partial charge < -0.3 is 10.1 Å². The van der Waals surface area contributed by atoms with Crippen molar-refractivity contribution in [3.8, 4) is 5.75 Å². The van der Waals surface area contributed by atoms with Crippen LogP contribution in [0.5, 0.6) is 5.75 Å². The maximum absolute atomic E-state index is 6.14. The molecule has 2 aliphatic rings. The molecule has 2 aliphatic heterocycles. The molecule has 0 aliphatic carbocycles. The lowest BCUT2D eigenvalue weighted by atomic mass is 9.91. The monoisotopic (exact) mass is 246 g/mol. The molecule has 0 aromatic heterocycles. The summed E-state index contributed by atoms with van der Waals surface area (Å²) < 4.78 is 6.14. The first kappa shape index (κ1) is 12.0. The minimum atomic E-state index is 0.382. The van der Waals surface area contributed by atoms with Crippen molar-refractivity contribution in [3.05, 3.63) is 29.8 Å². The molecule has 0 amide bonds. The number of nitrogens with one attached hydrogen (secondary N) is 1. The second-order valence-electron chi connectivity index (χ2n) is 5.54. The quantitative estimate of drug-likeness (QED) is 0.881. The number of nitrogens with zero attached hydrogens (tertiary/aromatic N) is 1. The molecule has 18 heavy (non-hydrogen) atoms. The van der Waals surface area contributed by atoms with Crippen molar-refractivity contribution < 1.29 is 4.74 Å². The number of ether oxygens (including phenoxy) is 1. The van der Waals surface area contributed by atoms with E-state index in [0.29, 0.717) is 12.0 Å². The van der Waals surface area contributed by atoms with Crippen LogP contribution >= 0.6 is 0 Å². The van der Waals surface area contributed by atoms with Crippen molar-refractivity contribution in [1.82, 2.24) is 10.2 Å². The van der Waals surface area contributed by atoms with E-state index in [1.807, 2.05) is 0 Å². The molecular weight excluding hydrogens is 224 g/mol. The third-order valence-corrected chi connectivity index (χ3v) is 3.98. The van der Waals surface area contributed by atoms with Crippen molar-refractivity contribution in [2.75, 3.05) is 33.2 Å². The van der Waals surface area contributed by atoms with Crippen molar-refractivity contribution >= 4 is 0 Å². The van der Waals surface area contributed by atoms with Gasteiger partial charge in [0.15, 0.2) is 0 Å². The number of piperidine rings is 1. The van der Waals surface area contributed by atoms with Gasteiger partial charge in [-0.1, -0.05) is 18.2 Å². The smallest absolute Gasteiger partial charge is 0.124 e. The third kappa shape index (κ3) is 2.52. The van der Waals surface area contributed by atoms with Gasteiger partial charge in [-0.25, -0.2) is 0 Å². The summed E-state index contributed by atoms with van der Waals surface area (Å²) in [4.78, 5) is 2.29. The predicted octanol–water partition coefficient (Wildman–Crippen LogP) is 1.85. The van der Waals surface area contributed by atoms with Crippen LogP contribution < -0.4 is 10.1 Å². The third-order valence-electron chi connectivity index (χ3n) is 3.98. The lowest BCUT2D eigenvalue weighted by molar-refractivity contribution is 0.0378. The van der Waals surface area contributed by atoms with E-state index in [4.69, 9.17) is 4.74 Å². The van der Waals surface area contributed by atoms with E-state index >= 15 is 0 Å². The molecule has 2 fully saturated rings. The molecule has 3 nitrogen and oxygen atoms in total. The Labute approximate surface area is 109 Å². The predicted molar refractivity (Wildman–Crippen MR) is 73.2 cm³/mol. The van der Waals surface area contributed by atoms with Crippen LogP contribution in [-0.2, 0) is 0 Å². The first-order valence-corrected chi connectivity index (χ1v) is 6.98. The summed E-state index contributed by atoms with van der Waals surface area (Å²) in [6, 6.07) is 8.57. The fraction of sp³-hybridized carbons (Fsp3) is 0.600. The van der Waals surface area contributed by atoms with Gasteiger partial charge in [-0.15, -0.1) is 0 Å². The zero-order valence-corrected chi connectivity index (χ0v) is 11.1. The molecule has 1 aromatic rings. The maximum Gasteiger partial charge on any atom is 0.124 e. The summed E-state index contributed by atoms with van der Waals surface area (Å²) in [5.74, 6) is 1.72. The second-order valence-corrected chi connectivity index (χ2v) is 5.54. The summed E-state index contributed by atoms with van der Waals surface area (Å²) >= 11 is 0. The van der Waals surface area contributed by atoms with E-state index < -0.39 is 0 Å². The molecule has 3 heteroatoms. The zero-order chi connectivity index (χ0) is 12.4. The van der Waals surface area contributed by atoms with Gasteiger partial charge in [-0.3, -0.25) is 4.90 Å². The summed E-state index contributed by atoms with van der Waals surface area (Å²) in [6.45, 7) is 4.35. The van der Waals surface area contributed by atoms with E-state index in [9.17, 15) is 0 Å². The van der Waals surface area contributed by atoms with Crippen LogP contribution in [0, 0.1) is 0 Å². The van der Waals surface area contributed by atoms with Crippen LogP contribution in [0.1, 0.15) is 24.3 Å². The summed E-state index contributed by atoms with van der Waals surface area (Å²) in [7, 11) is 2.14. The molecule has 2 saturated heterocycles. The van der Waals surface area contributed by atoms with Gasteiger partial charge in [-0.05, 0) is 38.1 Å². The number of likely N-dealkylation sites (N-methyl/N-ethyl adjacent to an activating group) is 1. The molecule has 0 saturated carbocycles.